The summed E-state index contributed by atoms with van der Waals surface area (Å²) in [5.74, 6) is 2.26. The second-order valence-corrected chi connectivity index (χ2v) is 4.16. The third kappa shape index (κ3) is 3.53. The van der Waals surface area contributed by atoms with Gasteiger partial charge in [0, 0.05) is 12.5 Å². The lowest BCUT2D eigenvalue weighted by atomic mass is 10.0. The zero-order valence-electron chi connectivity index (χ0n) is 11.1. The first kappa shape index (κ1) is 13.6. The molecule has 0 saturated carbocycles. The van der Waals surface area contributed by atoms with Crippen molar-refractivity contribution in [1.82, 2.24) is 0 Å². The minimum atomic E-state index is 0.424. The molecule has 0 aliphatic carbocycles. The summed E-state index contributed by atoms with van der Waals surface area (Å²) < 4.78 is 15.9. The summed E-state index contributed by atoms with van der Waals surface area (Å²) in [6.45, 7) is 2.10. The molecule has 0 heterocycles. The van der Waals surface area contributed by atoms with Crippen LogP contribution in [-0.2, 0) is 6.42 Å². The highest BCUT2D eigenvalue weighted by Crippen LogP contribution is 2.35. The molecule has 4 nitrogen and oxygen atoms in total. The van der Waals surface area contributed by atoms with Gasteiger partial charge in [-0.15, -0.1) is 0 Å². The molecule has 0 spiro atoms. The maximum atomic E-state index is 5.36. The summed E-state index contributed by atoms with van der Waals surface area (Å²) in [4.78, 5) is 0. The molecule has 0 aliphatic heterocycles. The summed E-state index contributed by atoms with van der Waals surface area (Å²) in [6.07, 6.45) is 1.94. The van der Waals surface area contributed by atoms with Gasteiger partial charge in [-0.25, -0.2) is 0 Å². The molecule has 1 aromatic rings. The number of quaternary nitrogens is 1. The van der Waals surface area contributed by atoms with Crippen LogP contribution in [0.5, 0.6) is 17.2 Å². The lowest BCUT2D eigenvalue weighted by molar-refractivity contribution is -0.415. The number of hydrogen-bond donors (Lipinski definition) is 1. The molecule has 0 amide bonds. The van der Waals surface area contributed by atoms with Gasteiger partial charge < -0.3 is 19.9 Å². The van der Waals surface area contributed by atoms with E-state index < -0.39 is 0 Å². The van der Waals surface area contributed by atoms with E-state index in [2.05, 4.69) is 12.7 Å². The lowest BCUT2D eigenvalue weighted by Crippen LogP contribution is -2.59. The number of hydrogen-bond acceptors (Lipinski definition) is 3. The van der Waals surface area contributed by atoms with Crippen molar-refractivity contribution in [3.63, 3.8) is 0 Å². The van der Waals surface area contributed by atoms with Gasteiger partial charge in [0.05, 0.1) is 27.4 Å². The van der Waals surface area contributed by atoms with E-state index in [1.807, 2.05) is 12.1 Å². The van der Waals surface area contributed by atoms with E-state index in [0.29, 0.717) is 11.8 Å². The van der Waals surface area contributed by atoms with E-state index in [4.69, 9.17) is 14.2 Å². The van der Waals surface area contributed by atoms with Gasteiger partial charge in [-0.1, -0.05) is 0 Å². The zero-order chi connectivity index (χ0) is 12.8. The summed E-state index contributed by atoms with van der Waals surface area (Å²) in [5, 5.41) is 0. The van der Waals surface area contributed by atoms with E-state index in [1.165, 1.54) is 0 Å². The minimum absolute atomic E-state index is 0.424. The molecule has 4 heteroatoms. The lowest BCUT2D eigenvalue weighted by Gasteiger charge is -2.14. The highest BCUT2D eigenvalue weighted by molar-refractivity contribution is 5.50. The standard InChI is InChI=1S/C13H21NO3/c1-9(14)5-6-10-7-12(16-3)13(17-4)8-11(10)15-2/h7-9H,5-6,14H2,1-4H3/p+1/t9-/m0/s1. The van der Waals surface area contributed by atoms with Crippen LogP contribution < -0.4 is 19.9 Å². The molecule has 0 aliphatic rings. The second kappa shape index (κ2) is 6.35. The van der Waals surface area contributed by atoms with Crippen LogP contribution in [-0.4, -0.2) is 27.4 Å². The highest BCUT2D eigenvalue weighted by atomic mass is 16.5. The minimum Gasteiger partial charge on any atom is -0.496 e. The van der Waals surface area contributed by atoms with Gasteiger partial charge in [0.2, 0.25) is 0 Å². The molecule has 0 fully saturated rings. The zero-order valence-corrected chi connectivity index (χ0v) is 11.1. The van der Waals surface area contributed by atoms with Gasteiger partial charge in [0.1, 0.15) is 5.75 Å². The highest BCUT2D eigenvalue weighted by Gasteiger charge is 2.12. The van der Waals surface area contributed by atoms with E-state index in [0.717, 1.165) is 29.9 Å². The van der Waals surface area contributed by atoms with Crippen LogP contribution >= 0.6 is 0 Å². The van der Waals surface area contributed by atoms with Crippen molar-refractivity contribution >= 4 is 0 Å². The number of ether oxygens (including phenoxy) is 3. The van der Waals surface area contributed by atoms with Crippen LogP contribution in [0.3, 0.4) is 0 Å². The monoisotopic (exact) mass is 240 g/mol. The van der Waals surface area contributed by atoms with Crippen LogP contribution in [0.1, 0.15) is 18.9 Å². The molecule has 0 saturated heterocycles. The summed E-state index contributed by atoms with van der Waals surface area (Å²) >= 11 is 0. The van der Waals surface area contributed by atoms with Gasteiger partial charge in [-0.3, -0.25) is 0 Å². The van der Waals surface area contributed by atoms with E-state index in [1.54, 1.807) is 21.3 Å². The molecule has 96 valence electrons. The van der Waals surface area contributed by atoms with Crippen molar-refractivity contribution in [2.45, 2.75) is 25.8 Å². The van der Waals surface area contributed by atoms with Crippen LogP contribution in [0, 0.1) is 0 Å². The Kier molecular flexibility index (Phi) is 5.10. The largest absolute Gasteiger partial charge is 0.496 e. The Morgan fingerprint density at radius 3 is 2.00 bits per heavy atom. The number of aryl methyl sites for hydroxylation is 1. The maximum Gasteiger partial charge on any atom is 0.164 e. The molecule has 1 atom stereocenters. The predicted octanol–water partition coefficient (Wildman–Crippen LogP) is 1.28. The van der Waals surface area contributed by atoms with Crippen molar-refractivity contribution < 1.29 is 19.9 Å². The third-order valence-electron chi connectivity index (χ3n) is 2.69. The first-order chi connectivity index (χ1) is 8.12. The fourth-order valence-corrected chi connectivity index (χ4v) is 1.69. The van der Waals surface area contributed by atoms with Crippen molar-refractivity contribution in [3.8, 4) is 17.2 Å². The smallest absolute Gasteiger partial charge is 0.164 e. The Labute approximate surface area is 103 Å². The molecule has 0 unspecified atom stereocenters. The number of benzene rings is 1. The molecule has 0 radical (unpaired) electrons. The molecule has 17 heavy (non-hydrogen) atoms. The van der Waals surface area contributed by atoms with Gasteiger partial charge >= 0.3 is 0 Å². The van der Waals surface area contributed by atoms with Crippen molar-refractivity contribution in [2.75, 3.05) is 21.3 Å². The fourth-order valence-electron chi connectivity index (χ4n) is 1.69. The van der Waals surface area contributed by atoms with Crippen molar-refractivity contribution in [3.05, 3.63) is 17.7 Å². The van der Waals surface area contributed by atoms with Crippen LogP contribution in [0.4, 0.5) is 0 Å². The first-order valence-corrected chi connectivity index (χ1v) is 5.74. The maximum absolute atomic E-state index is 5.36. The number of rotatable bonds is 6. The topological polar surface area (TPSA) is 55.3 Å². The van der Waals surface area contributed by atoms with Crippen LogP contribution in [0.15, 0.2) is 12.1 Å². The summed E-state index contributed by atoms with van der Waals surface area (Å²) in [6, 6.07) is 4.26. The normalized spacial score (nSPS) is 12.1. The quantitative estimate of drug-likeness (QED) is 0.815. The molecule has 0 aromatic heterocycles. The Bertz CT molecular complexity index is 364. The van der Waals surface area contributed by atoms with Gasteiger partial charge in [0.15, 0.2) is 11.5 Å². The molecule has 1 rings (SSSR count). The molecular weight excluding hydrogens is 218 g/mol. The van der Waals surface area contributed by atoms with Crippen molar-refractivity contribution in [1.29, 1.82) is 0 Å². The first-order valence-electron chi connectivity index (χ1n) is 5.74. The molecule has 3 N–H and O–H groups in total. The summed E-state index contributed by atoms with van der Waals surface area (Å²) in [7, 11) is 4.92. The van der Waals surface area contributed by atoms with Crippen molar-refractivity contribution in [2.24, 2.45) is 0 Å². The molecular formula is C13H22NO3+. The average Bonchev–Trinajstić information content (AvgIpc) is 2.34. The SMILES string of the molecule is COc1cc(OC)c(OC)cc1CC[C@H](C)[NH3+]. The van der Waals surface area contributed by atoms with Gasteiger partial charge in [-0.05, 0) is 25.0 Å². The second-order valence-electron chi connectivity index (χ2n) is 4.16. The fraction of sp³-hybridized carbons (Fsp3) is 0.538. The van der Waals surface area contributed by atoms with Crippen LogP contribution in [0.2, 0.25) is 0 Å². The number of methoxy groups -OCH3 is 3. The Morgan fingerprint density at radius 2 is 1.53 bits per heavy atom. The predicted molar refractivity (Wildman–Crippen MR) is 66.8 cm³/mol. The Morgan fingerprint density at radius 1 is 1.00 bits per heavy atom. The van der Waals surface area contributed by atoms with E-state index in [9.17, 15) is 0 Å². The van der Waals surface area contributed by atoms with Gasteiger partial charge in [-0.2, -0.15) is 0 Å². The van der Waals surface area contributed by atoms with E-state index >= 15 is 0 Å². The Hall–Kier alpha value is -1.42. The Balaban J connectivity index is 3.01. The van der Waals surface area contributed by atoms with E-state index in [-0.39, 0.29) is 0 Å². The summed E-state index contributed by atoms with van der Waals surface area (Å²) in [5.41, 5.74) is 5.11. The molecule has 0 bridgehead atoms. The average molecular weight is 240 g/mol. The van der Waals surface area contributed by atoms with Crippen LogP contribution in [0.25, 0.3) is 0 Å². The molecule has 1 aromatic carbocycles. The third-order valence-corrected chi connectivity index (χ3v) is 2.69. The van der Waals surface area contributed by atoms with Gasteiger partial charge in [0.25, 0.3) is 0 Å².